The van der Waals surface area contributed by atoms with Crippen molar-refractivity contribution >= 4 is 52.5 Å². The minimum atomic E-state index is -0.416. The largest absolute Gasteiger partial charge is 0.369 e. The van der Waals surface area contributed by atoms with E-state index in [0.29, 0.717) is 42.3 Å². The van der Waals surface area contributed by atoms with Crippen molar-refractivity contribution in [3.8, 4) is 11.1 Å². The third-order valence-electron chi connectivity index (χ3n) is 4.36. The zero-order chi connectivity index (χ0) is 22.8. The first-order valence-corrected chi connectivity index (χ1v) is 10.9. The van der Waals surface area contributed by atoms with Gasteiger partial charge in [-0.25, -0.2) is 13.9 Å². The number of halogens is 3. The SMILES string of the molecule is CN(C)/C=N\c1ccc(-c2c(=O)ncn3nc(Sc4ccc(F)cc4Cl)ccc23)c(Cl)c1. The Bertz CT molecular complexity index is 1410. The summed E-state index contributed by atoms with van der Waals surface area (Å²) in [6, 6.07) is 12.9. The maximum atomic E-state index is 13.3. The van der Waals surface area contributed by atoms with E-state index in [9.17, 15) is 9.18 Å². The summed E-state index contributed by atoms with van der Waals surface area (Å²) in [5.74, 6) is -0.410. The van der Waals surface area contributed by atoms with Gasteiger partial charge in [0.25, 0.3) is 5.56 Å². The molecule has 2 aromatic heterocycles. The third-order valence-corrected chi connectivity index (χ3v) is 6.10. The zero-order valence-electron chi connectivity index (χ0n) is 17.0. The normalized spacial score (nSPS) is 11.4. The molecule has 10 heteroatoms. The molecule has 162 valence electrons. The predicted octanol–water partition coefficient (Wildman–Crippen LogP) is 5.58. The highest BCUT2D eigenvalue weighted by Crippen LogP contribution is 2.34. The molecule has 0 unspecified atom stereocenters. The minimum Gasteiger partial charge on any atom is -0.369 e. The van der Waals surface area contributed by atoms with E-state index in [2.05, 4.69) is 15.1 Å². The van der Waals surface area contributed by atoms with Crippen LogP contribution < -0.4 is 5.56 Å². The van der Waals surface area contributed by atoms with Crippen LogP contribution in [-0.4, -0.2) is 39.9 Å². The number of nitrogens with zero attached hydrogens (tertiary/aromatic N) is 5. The molecule has 0 amide bonds. The lowest BCUT2D eigenvalue weighted by Crippen LogP contribution is -2.13. The highest BCUT2D eigenvalue weighted by molar-refractivity contribution is 7.99. The molecule has 0 aliphatic heterocycles. The average Bonchev–Trinajstić information content (AvgIpc) is 2.75. The van der Waals surface area contributed by atoms with Crippen molar-refractivity contribution in [2.45, 2.75) is 9.92 Å². The van der Waals surface area contributed by atoms with Gasteiger partial charge in [0.15, 0.2) is 0 Å². The van der Waals surface area contributed by atoms with E-state index in [4.69, 9.17) is 23.2 Å². The van der Waals surface area contributed by atoms with Gasteiger partial charge in [0.05, 0.1) is 33.2 Å². The van der Waals surface area contributed by atoms with E-state index >= 15 is 0 Å². The Balaban J connectivity index is 1.74. The predicted molar refractivity (Wildman–Crippen MR) is 127 cm³/mol. The molecule has 0 atom stereocenters. The number of aliphatic imine (C=N–C) groups is 1. The molecule has 0 saturated heterocycles. The van der Waals surface area contributed by atoms with Gasteiger partial charge in [0.2, 0.25) is 0 Å². The van der Waals surface area contributed by atoms with Crippen molar-refractivity contribution in [1.82, 2.24) is 19.5 Å². The van der Waals surface area contributed by atoms with Crippen molar-refractivity contribution < 1.29 is 4.39 Å². The standard InChI is InChI=1S/C22H16Cl2FN5OS/c1-29(2)11-26-14-4-5-15(16(23)10-14)21-18-6-8-20(28-30(18)12-27-22(21)31)32-19-7-3-13(25)9-17(19)24/h3-12H,1-2H3/b26-11-. The summed E-state index contributed by atoms with van der Waals surface area (Å²) >= 11 is 13.9. The lowest BCUT2D eigenvalue weighted by atomic mass is 10.1. The highest BCUT2D eigenvalue weighted by atomic mass is 35.5. The second-order valence-corrected chi connectivity index (χ2v) is 8.85. The molecule has 0 radical (unpaired) electrons. The fourth-order valence-electron chi connectivity index (χ4n) is 2.93. The molecule has 0 fully saturated rings. The Hall–Kier alpha value is -2.94. The molecule has 0 aliphatic carbocycles. The second-order valence-electron chi connectivity index (χ2n) is 6.98. The van der Waals surface area contributed by atoms with Crippen molar-refractivity contribution in [3.63, 3.8) is 0 Å². The van der Waals surface area contributed by atoms with Gasteiger partial charge < -0.3 is 4.90 Å². The van der Waals surface area contributed by atoms with E-state index in [0.717, 1.165) is 0 Å². The van der Waals surface area contributed by atoms with Gasteiger partial charge in [-0.1, -0.05) is 41.0 Å². The van der Waals surface area contributed by atoms with Gasteiger partial charge in [0, 0.05) is 24.6 Å². The first kappa shape index (κ1) is 22.3. The van der Waals surface area contributed by atoms with Crippen molar-refractivity contribution in [3.05, 3.63) is 81.1 Å². The minimum absolute atomic E-state index is 0.291. The fraction of sp³-hybridized carbons (Fsp3) is 0.0909. The maximum Gasteiger partial charge on any atom is 0.281 e. The number of fused-ring (bicyclic) bond motifs is 1. The second kappa shape index (κ2) is 9.28. The summed E-state index contributed by atoms with van der Waals surface area (Å²) in [6.07, 6.45) is 3.01. The van der Waals surface area contributed by atoms with E-state index in [-0.39, 0.29) is 0 Å². The molecule has 0 spiro atoms. The van der Waals surface area contributed by atoms with Crippen LogP contribution in [0.5, 0.6) is 0 Å². The molecule has 4 aromatic rings. The average molecular weight is 488 g/mol. The molecular weight excluding hydrogens is 472 g/mol. The Morgan fingerprint density at radius 3 is 2.62 bits per heavy atom. The molecule has 0 aliphatic rings. The van der Waals surface area contributed by atoms with Gasteiger partial charge >= 0.3 is 0 Å². The van der Waals surface area contributed by atoms with Crippen LogP contribution in [0, 0.1) is 5.82 Å². The molecule has 0 N–H and O–H groups in total. The van der Waals surface area contributed by atoms with E-state index in [1.807, 2.05) is 19.0 Å². The van der Waals surface area contributed by atoms with Crippen LogP contribution in [0.2, 0.25) is 10.0 Å². The Kier molecular flexibility index (Phi) is 6.45. The van der Waals surface area contributed by atoms with E-state index in [1.54, 1.807) is 42.7 Å². The molecular formula is C22H16Cl2FN5OS. The quantitative estimate of drug-likeness (QED) is 0.271. The summed E-state index contributed by atoms with van der Waals surface area (Å²) in [4.78, 5) is 23.4. The number of benzene rings is 2. The Morgan fingerprint density at radius 2 is 1.91 bits per heavy atom. The topological polar surface area (TPSA) is 62.9 Å². The highest BCUT2D eigenvalue weighted by Gasteiger charge is 2.15. The van der Waals surface area contributed by atoms with Gasteiger partial charge in [0.1, 0.15) is 17.2 Å². The summed E-state index contributed by atoms with van der Waals surface area (Å²) in [7, 11) is 3.73. The first-order chi connectivity index (χ1) is 15.3. The molecule has 32 heavy (non-hydrogen) atoms. The number of rotatable bonds is 5. The van der Waals surface area contributed by atoms with Crippen LogP contribution in [-0.2, 0) is 0 Å². The first-order valence-electron chi connectivity index (χ1n) is 9.34. The number of aromatic nitrogens is 3. The lowest BCUT2D eigenvalue weighted by molar-refractivity contribution is 0.626. The van der Waals surface area contributed by atoms with Gasteiger partial charge in [-0.2, -0.15) is 10.1 Å². The van der Waals surface area contributed by atoms with E-state index < -0.39 is 11.4 Å². The van der Waals surface area contributed by atoms with Crippen LogP contribution in [0.3, 0.4) is 0 Å². The van der Waals surface area contributed by atoms with Gasteiger partial charge in [-0.15, -0.1) is 0 Å². The van der Waals surface area contributed by atoms with Crippen LogP contribution >= 0.6 is 35.0 Å². The van der Waals surface area contributed by atoms with Crippen LogP contribution in [0.4, 0.5) is 10.1 Å². The van der Waals surface area contributed by atoms with Crippen molar-refractivity contribution in [1.29, 1.82) is 0 Å². The maximum absolute atomic E-state index is 13.3. The molecule has 0 saturated carbocycles. The van der Waals surface area contributed by atoms with Crippen molar-refractivity contribution in [2.24, 2.45) is 4.99 Å². The van der Waals surface area contributed by atoms with E-state index in [1.165, 1.54) is 34.7 Å². The molecule has 6 nitrogen and oxygen atoms in total. The summed E-state index contributed by atoms with van der Waals surface area (Å²) < 4.78 is 14.8. The molecule has 0 bridgehead atoms. The van der Waals surface area contributed by atoms with Crippen molar-refractivity contribution in [2.75, 3.05) is 14.1 Å². The number of hydrogen-bond donors (Lipinski definition) is 0. The molecule has 2 heterocycles. The van der Waals surface area contributed by atoms with Crippen LogP contribution in [0.25, 0.3) is 16.6 Å². The van der Waals surface area contributed by atoms with Crippen LogP contribution in [0.15, 0.2) is 74.6 Å². The monoisotopic (exact) mass is 487 g/mol. The Labute approximate surface area is 197 Å². The number of hydrogen-bond acceptors (Lipinski definition) is 5. The summed E-state index contributed by atoms with van der Waals surface area (Å²) in [5.41, 5.74) is 1.67. The van der Waals surface area contributed by atoms with Gasteiger partial charge in [-0.05, 0) is 42.5 Å². The summed E-state index contributed by atoms with van der Waals surface area (Å²) in [6.45, 7) is 0. The molecule has 2 aromatic carbocycles. The smallest absolute Gasteiger partial charge is 0.281 e. The fourth-order valence-corrected chi connectivity index (χ4v) is 4.27. The van der Waals surface area contributed by atoms with Gasteiger partial charge in [-0.3, -0.25) is 4.79 Å². The summed E-state index contributed by atoms with van der Waals surface area (Å²) in [5, 5.41) is 5.78. The third kappa shape index (κ3) is 4.77. The molecule has 4 rings (SSSR count). The Morgan fingerprint density at radius 1 is 1.09 bits per heavy atom. The lowest BCUT2D eigenvalue weighted by Gasteiger charge is -2.10. The van der Waals surface area contributed by atoms with Crippen LogP contribution in [0.1, 0.15) is 0 Å². The zero-order valence-corrected chi connectivity index (χ0v) is 19.3.